The maximum atomic E-state index is 6.48. The maximum absolute atomic E-state index is 6.48. The van der Waals surface area contributed by atoms with E-state index in [1.807, 2.05) is 30.5 Å². The number of rotatable bonds is 3. The van der Waals surface area contributed by atoms with Crippen LogP contribution in [0.25, 0.3) is 10.9 Å². The molecule has 100 valence electrons. The largest absolute Gasteiger partial charge is 0.320 e. The molecule has 1 aromatic heterocycles. The van der Waals surface area contributed by atoms with Gasteiger partial charge in [0.15, 0.2) is 0 Å². The lowest BCUT2D eigenvalue weighted by molar-refractivity contribution is 0.874. The number of nitrogens with two attached hydrogens (primary N) is 1. The van der Waals surface area contributed by atoms with Crippen LogP contribution in [0.2, 0.25) is 0 Å². The monoisotopic (exact) mass is 262 g/mol. The molecule has 2 N–H and O–H groups in total. The molecule has 0 fully saturated rings. The molecule has 1 unspecified atom stereocenters. The van der Waals surface area contributed by atoms with Crippen molar-refractivity contribution in [2.24, 2.45) is 5.73 Å². The third kappa shape index (κ3) is 2.30. The van der Waals surface area contributed by atoms with Crippen molar-refractivity contribution in [2.75, 3.05) is 0 Å². The Morgan fingerprint density at radius 3 is 2.75 bits per heavy atom. The number of hydrogen-bond acceptors (Lipinski definition) is 2. The molecule has 2 aromatic carbocycles. The van der Waals surface area contributed by atoms with Gasteiger partial charge in [0, 0.05) is 11.6 Å². The van der Waals surface area contributed by atoms with E-state index in [1.165, 1.54) is 5.56 Å². The molecule has 1 atom stereocenters. The van der Waals surface area contributed by atoms with Crippen molar-refractivity contribution in [1.29, 1.82) is 0 Å². The molecule has 0 saturated carbocycles. The average molecular weight is 262 g/mol. The minimum Gasteiger partial charge on any atom is -0.320 e. The molecule has 20 heavy (non-hydrogen) atoms. The zero-order valence-electron chi connectivity index (χ0n) is 11.6. The van der Waals surface area contributed by atoms with Crippen LogP contribution in [-0.4, -0.2) is 4.98 Å². The summed E-state index contributed by atoms with van der Waals surface area (Å²) in [6, 6.07) is 18.6. The fraction of sp³-hybridized carbons (Fsp3) is 0.167. The van der Waals surface area contributed by atoms with Crippen LogP contribution in [0, 0.1) is 0 Å². The van der Waals surface area contributed by atoms with Crippen molar-refractivity contribution >= 4 is 10.9 Å². The summed E-state index contributed by atoms with van der Waals surface area (Å²) in [5.41, 5.74) is 11.1. The maximum Gasteiger partial charge on any atom is 0.0705 e. The summed E-state index contributed by atoms with van der Waals surface area (Å²) in [7, 11) is 0. The highest BCUT2D eigenvalue weighted by Crippen LogP contribution is 2.26. The van der Waals surface area contributed by atoms with Gasteiger partial charge in [-0.05, 0) is 35.2 Å². The lowest BCUT2D eigenvalue weighted by atomic mass is 9.95. The summed E-state index contributed by atoms with van der Waals surface area (Å²) >= 11 is 0. The third-order valence-corrected chi connectivity index (χ3v) is 3.74. The highest BCUT2D eigenvalue weighted by Gasteiger charge is 2.12. The number of nitrogens with zero attached hydrogens (tertiary/aromatic N) is 1. The second-order valence-electron chi connectivity index (χ2n) is 4.99. The predicted molar refractivity (Wildman–Crippen MR) is 83.6 cm³/mol. The Morgan fingerprint density at radius 2 is 1.90 bits per heavy atom. The summed E-state index contributed by atoms with van der Waals surface area (Å²) in [5.74, 6) is 0. The molecule has 2 heteroatoms. The van der Waals surface area contributed by atoms with Crippen LogP contribution in [0.3, 0.4) is 0 Å². The first-order valence-corrected chi connectivity index (χ1v) is 6.97. The van der Waals surface area contributed by atoms with Gasteiger partial charge in [-0.3, -0.25) is 4.98 Å². The first kappa shape index (κ1) is 12.8. The minimum atomic E-state index is -0.116. The fourth-order valence-electron chi connectivity index (χ4n) is 2.58. The molecule has 3 rings (SSSR count). The molecular formula is C18H18N2. The fourth-order valence-corrected chi connectivity index (χ4v) is 2.58. The second kappa shape index (κ2) is 5.43. The van der Waals surface area contributed by atoms with Gasteiger partial charge in [-0.15, -0.1) is 0 Å². The van der Waals surface area contributed by atoms with Crippen LogP contribution in [0.5, 0.6) is 0 Å². The van der Waals surface area contributed by atoms with Gasteiger partial charge >= 0.3 is 0 Å². The van der Waals surface area contributed by atoms with Gasteiger partial charge in [-0.2, -0.15) is 0 Å². The van der Waals surface area contributed by atoms with Crippen LogP contribution < -0.4 is 5.73 Å². The molecule has 1 heterocycles. The Bertz CT molecular complexity index is 729. The van der Waals surface area contributed by atoms with Crippen molar-refractivity contribution in [3.8, 4) is 0 Å². The number of aromatic nitrogens is 1. The number of para-hydroxylation sites is 1. The van der Waals surface area contributed by atoms with Crippen molar-refractivity contribution < 1.29 is 0 Å². The van der Waals surface area contributed by atoms with Crippen LogP contribution in [-0.2, 0) is 6.42 Å². The first-order valence-electron chi connectivity index (χ1n) is 6.97. The van der Waals surface area contributed by atoms with E-state index >= 15 is 0 Å². The molecule has 0 spiro atoms. The molecule has 3 aromatic rings. The van der Waals surface area contributed by atoms with Crippen LogP contribution >= 0.6 is 0 Å². The van der Waals surface area contributed by atoms with Gasteiger partial charge in [0.2, 0.25) is 0 Å². The van der Waals surface area contributed by atoms with E-state index < -0.39 is 0 Å². The van der Waals surface area contributed by atoms with Gasteiger partial charge in [-0.25, -0.2) is 0 Å². The van der Waals surface area contributed by atoms with Gasteiger partial charge in [0.25, 0.3) is 0 Å². The number of aryl methyl sites for hydroxylation is 1. The van der Waals surface area contributed by atoms with Gasteiger partial charge in [0.05, 0.1) is 11.6 Å². The lowest BCUT2D eigenvalue weighted by Gasteiger charge is -2.15. The number of benzene rings is 2. The predicted octanol–water partition coefficient (Wildman–Crippen LogP) is 3.85. The van der Waals surface area contributed by atoms with Gasteiger partial charge < -0.3 is 5.73 Å². The summed E-state index contributed by atoms with van der Waals surface area (Å²) in [5, 5.41) is 1.13. The molecule has 0 aliphatic heterocycles. The average Bonchev–Trinajstić information content (AvgIpc) is 2.53. The highest BCUT2D eigenvalue weighted by molar-refractivity contribution is 5.82. The zero-order valence-corrected chi connectivity index (χ0v) is 11.6. The molecule has 0 amide bonds. The van der Waals surface area contributed by atoms with E-state index in [2.05, 4.69) is 42.2 Å². The summed E-state index contributed by atoms with van der Waals surface area (Å²) < 4.78 is 0. The van der Waals surface area contributed by atoms with Crippen LogP contribution in [0.1, 0.15) is 29.7 Å². The van der Waals surface area contributed by atoms with Gasteiger partial charge in [-0.1, -0.05) is 49.4 Å². The SMILES string of the molecule is CCc1cccc(C(N)c2ccnc3ccccc23)c1. The van der Waals surface area contributed by atoms with Crippen LogP contribution in [0.4, 0.5) is 0 Å². The lowest BCUT2D eigenvalue weighted by Crippen LogP contribution is -2.12. The van der Waals surface area contributed by atoms with E-state index in [9.17, 15) is 0 Å². The van der Waals surface area contributed by atoms with E-state index in [1.54, 1.807) is 0 Å². The molecule has 0 aliphatic rings. The number of pyridine rings is 1. The quantitative estimate of drug-likeness (QED) is 0.778. The third-order valence-electron chi connectivity index (χ3n) is 3.74. The van der Waals surface area contributed by atoms with E-state index in [0.29, 0.717) is 0 Å². The Balaban J connectivity index is 2.10. The molecule has 2 nitrogen and oxygen atoms in total. The molecular weight excluding hydrogens is 244 g/mol. The summed E-state index contributed by atoms with van der Waals surface area (Å²) in [6.07, 6.45) is 2.86. The van der Waals surface area contributed by atoms with Crippen LogP contribution in [0.15, 0.2) is 60.8 Å². The number of hydrogen-bond donors (Lipinski definition) is 1. The van der Waals surface area contributed by atoms with Crippen molar-refractivity contribution in [1.82, 2.24) is 4.98 Å². The Hall–Kier alpha value is -2.19. The second-order valence-corrected chi connectivity index (χ2v) is 4.99. The van der Waals surface area contributed by atoms with E-state index in [0.717, 1.165) is 28.5 Å². The molecule has 0 saturated heterocycles. The van der Waals surface area contributed by atoms with Crippen molar-refractivity contribution in [3.63, 3.8) is 0 Å². The normalized spacial score (nSPS) is 12.5. The standard InChI is InChI=1S/C18H18N2/c1-2-13-6-5-7-14(12-13)18(19)16-10-11-20-17-9-4-3-8-15(16)17/h3-12,18H,2,19H2,1H3. The highest BCUT2D eigenvalue weighted by atomic mass is 14.7. The summed E-state index contributed by atoms with van der Waals surface area (Å²) in [4.78, 5) is 4.40. The molecule has 0 bridgehead atoms. The van der Waals surface area contributed by atoms with Crippen molar-refractivity contribution in [3.05, 3.63) is 77.5 Å². The zero-order chi connectivity index (χ0) is 13.9. The number of fused-ring (bicyclic) bond motifs is 1. The minimum absolute atomic E-state index is 0.116. The Kier molecular flexibility index (Phi) is 3.48. The Morgan fingerprint density at radius 1 is 1.05 bits per heavy atom. The van der Waals surface area contributed by atoms with E-state index in [-0.39, 0.29) is 6.04 Å². The topological polar surface area (TPSA) is 38.9 Å². The van der Waals surface area contributed by atoms with E-state index in [4.69, 9.17) is 5.73 Å². The smallest absolute Gasteiger partial charge is 0.0705 e. The molecule has 0 aliphatic carbocycles. The Labute approximate surface area is 119 Å². The van der Waals surface area contributed by atoms with Gasteiger partial charge in [0.1, 0.15) is 0 Å². The first-order chi connectivity index (χ1) is 9.79. The summed E-state index contributed by atoms with van der Waals surface area (Å²) in [6.45, 7) is 2.16. The molecule has 0 radical (unpaired) electrons. The van der Waals surface area contributed by atoms with Crippen molar-refractivity contribution in [2.45, 2.75) is 19.4 Å².